The maximum absolute atomic E-state index is 10.8. The van der Waals surface area contributed by atoms with Crippen molar-refractivity contribution in [1.82, 2.24) is 4.98 Å². The highest BCUT2D eigenvalue weighted by atomic mass is 32.1. The Morgan fingerprint density at radius 3 is 2.70 bits per heavy atom. The Morgan fingerprint density at radius 1 is 1.60 bits per heavy atom. The zero-order chi connectivity index (χ0) is 7.56. The lowest BCUT2D eigenvalue weighted by molar-refractivity contribution is -0.113. The molecule has 0 unspecified atom stereocenters. The second-order valence-corrected chi connectivity index (χ2v) is 2.48. The Bertz CT molecular complexity index is 253. The standard InChI is InChI=1S/C6H5NO2S/c1-4(8)6(9)5-2-10-3-7-5/h2-3H,1H3. The van der Waals surface area contributed by atoms with Crippen molar-refractivity contribution in [3.05, 3.63) is 16.6 Å². The zero-order valence-electron chi connectivity index (χ0n) is 5.33. The molecule has 3 nitrogen and oxygen atoms in total. The lowest BCUT2D eigenvalue weighted by Gasteiger charge is -1.85. The molecule has 0 aliphatic carbocycles. The van der Waals surface area contributed by atoms with Crippen molar-refractivity contribution in [1.29, 1.82) is 0 Å². The molecule has 0 fully saturated rings. The topological polar surface area (TPSA) is 47.0 Å². The minimum atomic E-state index is -0.513. The number of nitrogens with zero attached hydrogens (tertiary/aromatic N) is 1. The van der Waals surface area contributed by atoms with Gasteiger partial charge in [-0.2, -0.15) is 0 Å². The van der Waals surface area contributed by atoms with E-state index in [2.05, 4.69) is 4.98 Å². The number of hydrogen-bond donors (Lipinski definition) is 0. The van der Waals surface area contributed by atoms with Crippen molar-refractivity contribution in [2.45, 2.75) is 6.92 Å². The summed E-state index contributed by atoms with van der Waals surface area (Å²) in [4.78, 5) is 24.9. The van der Waals surface area contributed by atoms with E-state index in [0.29, 0.717) is 0 Å². The third kappa shape index (κ3) is 1.27. The average molecular weight is 155 g/mol. The lowest BCUT2D eigenvalue weighted by Crippen LogP contribution is -2.09. The number of carbonyl (C=O) groups is 2. The van der Waals surface area contributed by atoms with Gasteiger partial charge in [-0.15, -0.1) is 11.3 Å². The minimum Gasteiger partial charge on any atom is -0.291 e. The quantitative estimate of drug-likeness (QED) is 0.471. The Balaban J connectivity index is 2.88. The predicted octanol–water partition coefficient (Wildman–Crippen LogP) is 0.915. The molecule has 1 aromatic heterocycles. The number of Topliss-reactive ketones (excluding diaryl/α,β-unsaturated/α-hetero) is 2. The summed E-state index contributed by atoms with van der Waals surface area (Å²) in [6.07, 6.45) is 0. The van der Waals surface area contributed by atoms with Crippen LogP contribution in [0, 0.1) is 0 Å². The van der Waals surface area contributed by atoms with E-state index in [0.717, 1.165) is 0 Å². The molecule has 1 heterocycles. The molecule has 0 atom stereocenters. The Morgan fingerprint density at radius 2 is 2.30 bits per heavy atom. The molecule has 4 heteroatoms. The van der Waals surface area contributed by atoms with E-state index < -0.39 is 11.6 Å². The fourth-order valence-corrected chi connectivity index (χ4v) is 1.04. The van der Waals surface area contributed by atoms with Crippen LogP contribution in [-0.2, 0) is 4.79 Å². The monoisotopic (exact) mass is 155 g/mol. The fraction of sp³-hybridized carbons (Fsp3) is 0.167. The normalized spacial score (nSPS) is 9.30. The van der Waals surface area contributed by atoms with Crippen LogP contribution in [0.3, 0.4) is 0 Å². The van der Waals surface area contributed by atoms with Crippen LogP contribution >= 0.6 is 11.3 Å². The molecular weight excluding hydrogens is 150 g/mol. The van der Waals surface area contributed by atoms with E-state index in [1.54, 1.807) is 5.38 Å². The van der Waals surface area contributed by atoms with Gasteiger partial charge < -0.3 is 0 Å². The first kappa shape index (κ1) is 7.08. The first-order valence-electron chi connectivity index (χ1n) is 2.65. The summed E-state index contributed by atoms with van der Waals surface area (Å²) in [6, 6.07) is 0. The van der Waals surface area contributed by atoms with Crippen LogP contribution in [0.2, 0.25) is 0 Å². The molecular formula is C6H5NO2S. The van der Waals surface area contributed by atoms with Crippen molar-refractivity contribution >= 4 is 22.9 Å². The number of carbonyl (C=O) groups excluding carboxylic acids is 2. The van der Waals surface area contributed by atoms with Gasteiger partial charge in [0.1, 0.15) is 5.69 Å². The molecule has 0 saturated carbocycles. The third-order valence-electron chi connectivity index (χ3n) is 0.985. The second kappa shape index (κ2) is 2.70. The van der Waals surface area contributed by atoms with E-state index in [1.807, 2.05) is 0 Å². The summed E-state index contributed by atoms with van der Waals surface area (Å²) in [5.41, 5.74) is 1.77. The number of aromatic nitrogens is 1. The van der Waals surface area contributed by atoms with E-state index in [1.165, 1.54) is 23.8 Å². The minimum absolute atomic E-state index is 0.248. The van der Waals surface area contributed by atoms with Gasteiger partial charge in [0.2, 0.25) is 11.6 Å². The van der Waals surface area contributed by atoms with Crippen LogP contribution in [-0.4, -0.2) is 16.6 Å². The van der Waals surface area contributed by atoms with Crippen molar-refractivity contribution in [2.75, 3.05) is 0 Å². The highest BCUT2D eigenvalue weighted by Gasteiger charge is 2.11. The van der Waals surface area contributed by atoms with E-state index in [4.69, 9.17) is 0 Å². The van der Waals surface area contributed by atoms with Crippen LogP contribution in [0.5, 0.6) is 0 Å². The lowest BCUT2D eigenvalue weighted by atomic mass is 10.2. The molecule has 1 aromatic rings. The predicted molar refractivity (Wildman–Crippen MR) is 37.1 cm³/mol. The van der Waals surface area contributed by atoms with Crippen LogP contribution in [0.25, 0.3) is 0 Å². The van der Waals surface area contributed by atoms with Crippen molar-refractivity contribution in [3.8, 4) is 0 Å². The second-order valence-electron chi connectivity index (χ2n) is 1.76. The van der Waals surface area contributed by atoms with Crippen molar-refractivity contribution in [2.24, 2.45) is 0 Å². The summed E-state index contributed by atoms with van der Waals surface area (Å²) in [5, 5.41) is 1.56. The van der Waals surface area contributed by atoms with Gasteiger partial charge in [0.15, 0.2) is 0 Å². The fourth-order valence-electron chi connectivity index (χ4n) is 0.505. The van der Waals surface area contributed by atoms with Gasteiger partial charge in [0.25, 0.3) is 0 Å². The van der Waals surface area contributed by atoms with E-state index >= 15 is 0 Å². The number of hydrogen-bond acceptors (Lipinski definition) is 4. The number of rotatable bonds is 2. The van der Waals surface area contributed by atoms with Gasteiger partial charge in [-0.1, -0.05) is 0 Å². The molecule has 52 valence electrons. The summed E-state index contributed by atoms with van der Waals surface area (Å²) in [7, 11) is 0. The van der Waals surface area contributed by atoms with Crippen molar-refractivity contribution in [3.63, 3.8) is 0 Å². The average Bonchev–Trinajstić information content (AvgIpc) is 2.36. The van der Waals surface area contributed by atoms with Gasteiger partial charge in [-0.05, 0) is 0 Å². The highest BCUT2D eigenvalue weighted by molar-refractivity contribution is 7.07. The molecule has 1 rings (SSSR count). The maximum atomic E-state index is 10.8. The Hall–Kier alpha value is -1.03. The van der Waals surface area contributed by atoms with Crippen LogP contribution in [0.15, 0.2) is 10.9 Å². The van der Waals surface area contributed by atoms with Crippen LogP contribution in [0.1, 0.15) is 17.4 Å². The Labute approximate surface area is 61.7 Å². The van der Waals surface area contributed by atoms with Gasteiger partial charge in [-0.25, -0.2) is 4.98 Å². The molecule has 0 aromatic carbocycles. The summed E-state index contributed by atoms with van der Waals surface area (Å²) in [6.45, 7) is 1.24. The summed E-state index contributed by atoms with van der Waals surface area (Å²) >= 11 is 1.30. The van der Waals surface area contributed by atoms with E-state index in [9.17, 15) is 9.59 Å². The van der Waals surface area contributed by atoms with E-state index in [-0.39, 0.29) is 5.69 Å². The molecule has 0 aliphatic heterocycles. The van der Waals surface area contributed by atoms with Crippen molar-refractivity contribution < 1.29 is 9.59 Å². The first-order chi connectivity index (χ1) is 4.72. The number of thiazole rings is 1. The maximum Gasteiger partial charge on any atom is 0.247 e. The molecule has 10 heavy (non-hydrogen) atoms. The van der Waals surface area contributed by atoms with Gasteiger partial charge >= 0.3 is 0 Å². The molecule has 0 spiro atoms. The highest BCUT2D eigenvalue weighted by Crippen LogP contribution is 2.01. The van der Waals surface area contributed by atoms with Gasteiger partial charge in [0.05, 0.1) is 5.51 Å². The summed E-state index contributed by atoms with van der Waals surface area (Å²) in [5.74, 6) is -0.979. The SMILES string of the molecule is CC(=O)C(=O)c1cscn1. The van der Waals surface area contributed by atoms with Crippen LogP contribution < -0.4 is 0 Å². The Kier molecular flexibility index (Phi) is 1.91. The molecule has 0 radical (unpaired) electrons. The largest absolute Gasteiger partial charge is 0.291 e. The molecule has 0 bridgehead atoms. The van der Waals surface area contributed by atoms with Crippen LogP contribution in [0.4, 0.5) is 0 Å². The zero-order valence-corrected chi connectivity index (χ0v) is 6.14. The molecule has 0 amide bonds. The molecule has 0 aliphatic rings. The molecule has 0 N–H and O–H groups in total. The first-order valence-corrected chi connectivity index (χ1v) is 3.59. The van der Waals surface area contributed by atoms with Gasteiger partial charge in [0, 0.05) is 12.3 Å². The smallest absolute Gasteiger partial charge is 0.247 e. The summed E-state index contributed by atoms with van der Waals surface area (Å²) < 4.78 is 0. The van der Waals surface area contributed by atoms with Gasteiger partial charge in [-0.3, -0.25) is 9.59 Å². The molecule has 0 saturated heterocycles. The number of ketones is 2. The third-order valence-corrected chi connectivity index (χ3v) is 1.57.